The van der Waals surface area contributed by atoms with Gasteiger partial charge in [0, 0.05) is 18.2 Å². The van der Waals surface area contributed by atoms with Crippen LogP contribution in [0.25, 0.3) is 16.9 Å². The molecule has 5 aromatic rings. The van der Waals surface area contributed by atoms with Gasteiger partial charge in [-0.25, -0.2) is 23.1 Å². The minimum absolute atomic E-state index is 0.0382. The summed E-state index contributed by atoms with van der Waals surface area (Å²) in [6.07, 6.45) is 1.88. The number of para-hydroxylation sites is 1. The van der Waals surface area contributed by atoms with E-state index in [9.17, 15) is 18.4 Å². The number of nitrogens with zero attached hydrogens (tertiary/aromatic N) is 4. The zero-order chi connectivity index (χ0) is 23.7. The van der Waals surface area contributed by atoms with E-state index >= 15 is 0 Å². The van der Waals surface area contributed by atoms with Gasteiger partial charge in [-0.1, -0.05) is 54.6 Å². The number of hydrogen-bond acceptors (Lipinski definition) is 3. The maximum Gasteiger partial charge on any atom is 0.337 e. The van der Waals surface area contributed by atoms with Crippen LogP contribution in [0.2, 0.25) is 0 Å². The molecule has 0 saturated carbocycles. The third-order valence-electron chi connectivity index (χ3n) is 5.74. The Morgan fingerprint density at radius 1 is 0.853 bits per heavy atom. The Kier molecular flexibility index (Phi) is 5.63. The zero-order valence-corrected chi connectivity index (χ0v) is 18.1. The lowest BCUT2D eigenvalue weighted by atomic mass is 10.1. The first-order chi connectivity index (χ1) is 16.5. The third-order valence-corrected chi connectivity index (χ3v) is 5.74. The topological polar surface area (TPSA) is 61.8 Å². The van der Waals surface area contributed by atoms with Crippen molar-refractivity contribution >= 4 is 11.2 Å². The Morgan fingerprint density at radius 2 is 1.56 bits per heavy atom. The Labute approximate surface area is 193 Å². The first-order valence-electron chi connectivity index (χ1n) is 10.8. The molecule has 170 valence electrons. The Bertz CT molecular complexity index is 1590. The van der Waals surface area contributed by atoms with E-state index in [-0.39, 0.29) is 29.8 Å². The van der Waals surface area contributed by atoms with E-state index in [1.165, 1.54) is 26.1 Å². The normalized spacial score (nSPS) is 11.2. The van der Waals surface area contributed by atoms with Crippen LogP contribution in [0.3, 0.4) is 0 Å². The van der Waals surface area contributed by atoms with Crippen molar-refractivity contribution < 1.29 is 8.78 Å². The summed E-state index contributed by atoms with van der Waals surface area (Å²) in [4.78, 5) is 31.3. The predicted molar refractivity (Wildman–Crippen MR) is 125 cm³/mol. The highest BCUT2D eigenvalue weighted by atomic mass is 19.1. The molecule has 2 heterocycles. The molecule has 0 aliphatic rings. The number of halogens is 2. The van der Waals surface area contributed by atoms with E-state index in [0.717, 1.165) is 17.7 Å². The van der Waals surface area contributed by atoms with Crippen LogP contribution in [0, 0.1) is 11.6 Å². The molecule has 0 aliphatic heterocycles. The van der Waals surface area contributed by atoms with Crippen molar-refractivity contribution in [1.29, 1.82) is 0 Å². The lowest BCUT2D eigenvalue weighted by Gasteiger charge is -2.13. The SMILES string of the molecule is O=c1c2c(ncn2Cc2ccc(F)cc2F)n(-c2ccccc2)c(=O)n1CCc1ccccc1. The van der Waals surface area contributed by atoms with Crippen LogP contribution in [0.5, 0.6) is 0 Å². The van der Waals surface area contributed by atoms with E-state index in [2.05, 4.69) is 4.98 Å². The van der Waals surface area contributed by atoms with Crippen LogP contribution >= 0.6 is 0 Å². The standard InChI is InChI=1S/C26H20F2N4O2/c27-20-12-11-19(22(28)15-20)16-30-17-29-24-23(30)25(33)31(14-13-18-7-3-1-4-8-18)26(34)32(24)21-9-5-2-6-10-21/h1-12,15,17H,13-14,16H2. The highest BCUT2D eigenvalue weighted by molar-refractivity contribution is 5.72. The van der Waals surface area contributed by atoms with Crippen molar-refractivity contribution in [2.24, 2.45) is 0 Å². The fraction of sp³-hybridized carbons (Fsp3) is 0.115. The molecule has 0 unspecified atom stereocenters. The lowest BCUT2D eigenvalue weighted by Crippen LogP contribution is -2.40. The van der Waals surface area contributed by atoms with E-state index in [0.29, 0.717) is 12.1 Å². The van der Waals surface area contributed by atoms with Crippen molar-refractivity contribution in [1.82, 2.24) is 18.7 Å². The molecular weight excluding hydrogens is 438 g/mol. The maximum absolute atomic E-state index is 14.3. The molecule has 8 heteroatoms. The van der Waals surface area contributed by atoms with Gasteiger partial charge in [0.1, 0.15) is 11.6 Å². The van der Waals surface area contributed by atoms with Gasteiger partial charge >= 0.3 is 5.69 Å². The van der Waals surface area contributed by atoms with Gasteiger partial charge in [-0.2, -0.15) is 0 Å². The molecule has 6 nitrogen and oxygen atoms in total. The average Bonchev–Trinajstić information content (AvgIpc) is 3.25. The number of aromatic nitrogens is 4. The predicted octanol–water partition coefficient (Wildman–Crippen LogP) is 3.92. The Balaban J connectivity index is 1.68. The van der Waals surface area contributed by atoms with Crippen LogP contribution in [-0.2, 0) is 19.5 Å². The smallest absolute Gasteiger partial charge is 0.320 e. The van der Waals surface area contributed by atoms with E-state index in [1.54, 1.807) is 24.3 Å². The number of rotatable bonds is 6. The molecule has 0 spiro atoms. The summed E-state index contributed by atoms with van der Waals surface area (Å²) in [6, 6.07) is 21.8. The highest BCUT2D eigenvalue weighted by Gasteiger charge is 2.20. The van der Waals surface area contributed by atoms with Crippen LogP contribution in [0.15, 0.2) is 94.8 Å². The number of imidazole rings is 1. The minimum atomic E-state index is -0.720. The molecule has 5 rings (SSSR count). The highest BCUT2D eigenvalue weighted by Crippen LogP contribution is 2.17. The van der Waals surface area contributed by atoms with Gasteiger partial charge in [-0.05, 0) is 30.2 Å². The molecule has 3 aromatic carbocycles. The van der Waals surface area contributed by atoms with Gasteiger partial charge in [0.2, 0.25) is 0 Å². The molecule has 0 fully saturated rings. The third kappa shape index (κ3) is 3.94. The van der Waals surface area contributed by atoms with Crippen LogP contribution in [0.4, 0.5) is 8.78 Å². The van der Waals surface area contributed by atoms with Gasteiger partial charge in [0.05, 0.1) is 18.6 Å². The summed E-state index contributed by atoms with van der Waals surface area (Å²) >= 11 is 0. The van der Waals surface area contributed by atoms with E-state index in [4.69, 9.17) is 0 Å². The number of aryl methyl sites for hydroxylation is 1. The summed E-state index contributed by atoms with van der Waals surface area (Å²) in [5.41, 5.74) is 1.08. The molecule has 2 aromatic heterocycles. The van der Waals surface area contributed by atoms with Crippen LogP contribution < -0.4 is 11.2 Å². The molecule has 0 saturated heterocycles. The van der Waals surface area contributed by atoms with Crippen molar-refractivity contribution in [3.05, 3.63) is 129 Å². The van der Waals surface area contributed by atoms with Gasteiger partial charge in [-0.3, -0.25) is 9.36 Å². The molecule has 0 aliphatic carbocycles. The molecule has 34 heavy (non-hydrogen) atoms. The minimum Gasteiger partial charge on any atom is -0.320 e. The second-order valence-electron chi connectivity index (χ2n) is 7.93. The van der Waals surface area contributed by atoms with Crippen molar-refractivity contribution in [2.75, 3.05) is 0 Å². The molecule has 0 amide bonds. The van der Waals surface area contributed by atoms with E-state index in [1.807, 2.05) is 36.4 Å². The van der Waals surface area contributed by atoms with Gasteiger partial charge in [0.25, 0.3) is 5.56 Å². The fourth-order valence-electron chi connectivity index (χ4n) is 4.03. The second kappa shape index (κ2) is 8.90. The Morgan fingerprint density at radius 3 is 2.26 bits per heavy atom. The molecule has 0 radical (unpaired) electrons. The summed E-state index contributed by atoms with van der Waals surface area (Å²) < 4.78 is 31.7. The Hall–Kier alpha value is -4.33. The number of hydrogen-bond donors (Lipinski definition) is 0. The maximum atomic E-state index is 14.3. The van der Waals surface area contributed by atoms with E-state index < -0.39 is 22.9 Å². The summed E-state index contributed by atoms with van der Waals surface area (Å²) in [6.45, 7) is 0.129. The monoisotopic (exact) mass is 458 g/mol. The molecule has 0 atom stereocenters. The average molecular weight is 458 g/mol. The van der Waals surface area contributed by atoms with Crippen molar-refractivity contribution in [3.63, 3.8) is 0 Å². The van der Waals surface area contributed by atoms with Gasteiger partial charge < -0.3 is 4.57 Å². The van der Waals surface area contributed by atoms with Crippen molar-refractivity contribution in [2.45, 2.75) is 19.5 Å². The summed E-state index contributed by atoms with van der Waals surface area (Å²) in [5.74, 6) is -1.40. The lowest BCUT2D eigenvalue weighted by molar-refractivity contribution is 0.566. The second-order valence-corrected chi connectivity index (χ2v) is 7.93. The first-order valence-corrected chi connectivity index (χ1v) is 10.8. The summed E-state index contributed by atoms with van der Waals surface area (Å²) in [5, 5.41) is 0. The van der Waals surface area contributed by atoms with Gasteiger partial charge in [-0.15, -0.1) is 0 Å². The zero-order valence-electron chi connectivity index (χ0n) is 18.1. The van der Waals surface area contributed by atoms with Gasteiger partial charge in [0.15, 0.2) is 11.2 Å². The number of fused-ring (bicyclic) bond motifs is 1. The fourth-order valence-corrected chi connectivity index (χ4v) is 4.03. The first kappa shape index (κ1) is 21.5. The molecular formula is C26H20F2N4O2. The number of benzene rings is 3. The van der Waals surface area contributed by atoms with Crippen LogP contribution in [0.1, 0.15) is 11.1 Å². The quantitative estimate of drug-likeness (QED) is 0.388. The molecule has 0 bridgehead atoms. The molecule has 0 N–H and O–H groups in total. The van der Waals surface area contributed by atoms with Crippen molar-refractivity contribution in [3.8, 4) is 5.69 Å². The van der Waals surface area contributed by atoms with Crippen LogP contribution in [-0.4, -0.2) is 18.7 Å². The largest absolute Gasteiger partial charge is 0.337 e. The summed E-state index contributed by atoms with van der Waals surface area (Å²) in [7, 11) is 0.